The number of piperidine rings is 1. The zero-order chi connectivity index (χ0) is 21.8. The summed E-state index contributed by atoms with van der Waals surface area (Å²) in [5.74, 6) is -0.571. The molecule has 0 saturated carbocycles. The quantitative estimate of drug-likeness (QED) is 0.737. The van der Waals surface area contributed by atoms with Crippen LogP contribution in [0.1, 0.15) is 36.8 Å². The number of fused-ring (bicyclic) bond motifs is 1. The molecule has 0 aliphatic carbocycles. The molecule has 1 atom stereocenters. The van der Waals surface area contributed by atoms with Crippen LogP contribution in [-0.2, 0) is 32.6 Å². The van der Waals surface area contributed by atoms with Gasteiger partial charge in [0.25, 0.3) is 0 Å². The van der Waals surface area contributed by atoms with Crippen LogP contribution in [0, 0.1) is 5.92 Å². The molecule has 2 N–H and O–H groups in total. The maximum atomic E-state index is 13.3. The van der Waals surface area contributed by atoms with Gasteiger partial charge in [0.05, 0.1) is 10.8 Å². The topological polar surface area (TPSA) is 108 Å². The highest BCUT2D eigenvalue weighted by Gasteiger charge is 2.33. The lowest BCUT2D eigenvalue weighted by molar-refractivity contribution is -0.126. The lowest BCUT2D eigenvalue weighted by atomic mass is 9.99. The molecule has 0 spiro atoms. The van der Waals surface area contributed by atoms with Gasteiger partial charge in [-0.3, -0.25) is 14.6 Å². The molecule has 0 radical (unpaired) electrons. The zero-order valence-corrected chi connectivity index (χ0v) is 18.0. The van der Waals surface area contributed by atoms with Crippen molar-refractivity contribution in [2.24, 2.45) is 5.92 Å². The van der Waals surface area contributed by atoms with Crippen LogP contribution < -0.4 is 10.6 Å². The number of aromatic nitrogens is 1. The predicted octanol–water partition coefficient (Wildman–Crippen LogP) is 2.07. The number of carbonyl (C=O) groups is 2. The van der Waals surface area contributed by atoms with Crippen molar-refractivity contribution in [2.75, 3.05) is 18.4 Å². The van der Waals surface area contributed by atoms with Crippen LogP contribution in [0.5, 0.6) is 0 Å². The lowest BCUT2D eigenvalue weighted by Crippen LogP contribution is -2.45. The van der Waals surface area contributed by atoms with Crippen molar-refractivity contribution in [3.63, 3.8) is 0 Å². The smallest absolute Gasteiger partial charge is 0.243 e. The fraction of sp³-hybridized carbons (Fsp3) is 0.409. The first kappa shape index (κ1) is 21.5. The fourth-order valence-corrected chi connectivity index (χ4v) is 5.64. The molecule has 164 valence electrons. The largest absolute Gasteiger partial charge is 0.352 e. The van der Waals surface area contributed by atoms with E-state index >= 15 is 0 Å². The second-order valence-electron chi connectivity index (χ2n) is 8.00. The van der Waals surface area contributed by atoms with Crippen LogP contribution in [0.2, 0.25) is 0 Å². The Labute approximate surface area is 182 Å². The maximum Gasteiger partial charge on any atom is 0.243 e. The number of rotatable bonds is 5. The number of hydrogen-bond acceptors (Lipinski definition) is 5. The van der Waals surface area contributed by atoms with Gasteiger partial charge in [-0.15, -0.1) is 0 Å². The van der Waals surface area contributed by atoms with Crippen molar-refractivity contribution in [1.82, 2.24) is 14.6 Å². The molecular weight excluding hydrogens is 416 g/mol. The summed E-state index contributed by atoms with van der Waals surface area (Å²) in [4.78, 5) is 28.6. The number of aryl methyl sites for hydroxylation is 1. The van der Waals surface area contributed by atoms with Gasteiger partial charge in [-0.2, -0.15) is 4.31 Å². The molecule has 1 fully saturated rings. The Morgan fingerprint density at radius 3 is 2.77 bits per heavy atom. The molecule has 4 rings (SSSR count). The third-order valence-electron chi connectivity index (χ3n) is 5.81. The summed E-state index contributed by atoms with van der Waals surface area (Å²) < 4.78 is 27.9. The number of sulfonamides is 1. The molecule has 2 aliphatic heterocycles. The van der Waals surface area contributed by atoms with E-state index in [2.05, 4.69) is 15.6 Å². The average molecular weight is 443 g/mol. The van der Waals surface area contributed by atoms with E-state index in [1.165, 1.54) is 10.4 Å². The summed E-state index contributed by atoms with van der Waals surface area (Å²) in [6, 6.07) is 8.52. The van der Waals surface area contributed by atoms with Gasteiger partial charge >= 0.3 is 0 Å². The molecule has 3 heterocycles. The molecule has 1 aromatic heterocycles. The molecular formula is C22H26N4O4S. The van der Waals surface area contributed by atoms with Gasteiger partial charge in [0.1, 0.15) is 0 Å². The molecule has 1 saturated heterocycles. The minimum Gasteiger partial charge on any atom is -0.352 e. The second-order valence-corrected chi connectivity index (χ2v) is 9.93. The minimum atomic E-state index is -3.72. The minimum absolute atomic E-state index is 0.0500. The van der Waals surface area contributed by atoms with Crippen molar-refractivity contribution in [1.29, 1.82) is 0 Å². The monoisotopic (exact) mass is 442 g/mol. The van der Waals surface area contributed by atoms with Gasteiger partial charge in [-0.05, 0) is 67.1 Å². The molecule has 1 unspecified atom stereocenters. The van der Waals surface area contributed by atoms with Crippen molar-refractivity contribution >= 4 is 27.5 Å². The van der Waals surface area contributed by atoms with E-state index in [1.807, 2.05) is 12.1 Å². The normalized spacial score (nSPS) is 19.7. The summed E-state index contributed by atoms with van der Waals surface area (Å²) in [6.45, 7) is 0.948. The molecule has 9 heteroatoms. The van der Waals surface area contributed by atoms with Gasteiger partial charge in [-0.1, -0.05) is 0 Å². The Balaban J connectivity index is 1.45. The SMILES string of the molecule is O=C1CCCc2cc(S(=O)(=O)N3CCCC(C(=O)NCc4ccncc4)C3)ccc2N1. The Morgan fingerprint density at radius 2 is 1.97 bits per heavy atom. The third-order valence-corrected chi connectivity index (χ3v) is 7.67. The number of hydrogen-bond donors (Lipinski definition) is 2. The van der Waals surface area contributed by atoms with Gasteiger partial charge in [0.15, 0.2) is 0 Å². The van der Waals surface area contributed by atoms with E-state index in [9.17, 15) is 18.0 Å². The van der Waals surface area contributed by atoms with Crippen molar-refractivity contribution < 1.29 is 18.0 Å². The first-order valence-electron chi connectivity index (χ1n) is 10.5. The Morgan fingerprint density at radius 1 is 1.16 bits per heavy atom. The van der Waals surface area contributed by atoms with Crippen molar-refractivity contribution in [3.05, 3.63) is 53.9 Å². The van der Waals surface area contributed by atoms with Crippen LogP contribution in [-0.4, -0.2) is 42.6 Å². The fourth-order valence-electron chi connectivity index (χ4n) is 4.07. The molecule has 31 heavy (non-hydrogen) atoms. The molecule has 0 bridgehead atoms. The lowest BCUT2D eigenvalue weighted by Gasteiger charge is -2.31. The van der Waals surface area contributed by atoms with Gasteiger partial charge < -0.3 is 10.6 Å². The van der Waals surface area contributed by atoms with E-state index in [1.54, 1.807) is 24.5 Å². The zero-order valence-electron chi connectivity index (χ0n) is 17.2. The van der Waals surface area contributed by atoms with E-state index in [4.69, 9.17) is 0 Å². The molecule has 2 amide bonds. The highest BCUT2D eigenvalue weighted by atomic mass is 32.2. The average Bonchev–Trinajstić information content (AvgIpc) is 2.98. The van der Waals surface area contributed by atoms with Crippen molar-refractivity contribution in [2.45, 2.75) is 43.5 Å². The van der Waals surface area contributed by atoms with E-state index in [0.29, 0.717) is 50.9 Å². The van der Waals surface area contributed by atoms with Gasteiger partial charge in [0, 0.05) is 44.1 Å². The highest BCUT2D eigenvalue weighted by Crippen LogP contribution is 2.29. The summed E-state index contributed by atoms with van der Waals surface area (Å²) in [5, 5.41) is 5.73. The standard InChI is InChI=1S/C22H26N4O4S/c27-21-5-1-3-17-13-19(6-7-20(17)25-21)31(29,30)26-12-2-4-18(15-26)22(28)24-14-16-8-10-23-11-9-16/h6-11,13,18H,1-5,12,14-15H2,(H,24,28)(H,25,27). The number of benzene rings is 1. The number of carbonyl (C=O) groups excluding carboxylic acids is 2. The number of anilines is 1. The third kappa shape index (κ3) is 4.94. The number of pyridine rings is 1. The summed E-state index contributed by atoms with van der Waals surface area (Å²) >= 11 is 0. The second kappa shape index (κ2) is 9.15. The van der Waals surface area contributed by atoms with Crippen LogP contribution in [0.25, 0.3) is 0 Å². The summed E-state index contributed by atoms with van der Waals surface area (Å²) in [5.41, 5.74) is 2.45. The van der Waals surface area contributed by atoms with Crippen LogP contribution in [0.3, 0.4) is 0 Å². The number of amides is 2. The first-order valence-corrected chi connectivity index (χ1v) is 12.0. The van der Waals surface area contributed by atoms with E-state index < -0.39 is 10.0 Å². The first-order chi connectivity index (χ1) is 14.9. The highest BCUT2D eigenvalue weighted by molar-refractivity contribution is 7.89. The van der Waals surface area contributed by atoms with E-state index in [0.717, 1.165) is 11.1 Å². The summed E-state index contributed by atoms with van der Waals surface area (Å²) in [7, 11) is -3.72. The van der Waals surface area contributed by atoms with Crippen LogP contribution >= 0.6 is 0 Å². The van der Waals surface area contributed by atoms with Crippen molar-refractivity contribution in [3.8, 4) is 0 Å². The Hall–Kier alpha value is -2.78. The molecule has 2 aromatic rings. The predicted molar refractivity (Wildman–Crippen MR) is 116 cm³/mol. The van der Waals surface area contributed by atoms with E-state index in [-0.39, 0.29) is 29.2 Å². The molecule has 8 nitrogen and oxygen atoms in total. The van der Waals surface area contributed by atoms with Crippen LogP contribution in [0.15, 0.2) is 47.6 Å². The van der Waals surface area contributed by atoms with Crippen LogP contribution in [0.4, 0.5) is 5.69 Å². The maximum absolute atomic E-state index is 13.3. The van der Waals surface area contributed by atoms with Gasteiger partial charge in [-0.25, -0.2) is 8.42 Å². The number of nitrogens with zero attached hydrogens (tertiary/aromatic N) is 2. The number of nitrogens with one attached hydrogen (secondary N) is 2. The Kier molecular flexibility index (Phi) is 6.33. The summed E-state index contributed by atoms with van der Waals surface area (Å²) in [6.07, 6.45) is 6.39. The Bertz CT molecular complexity index is 1070. The molecule has 2 aliphatic rings. The molecule has 1 aromatic carbocycles. The van der Waals surface area contributed by atoms with Gasteiger partial charge in [0.2, 0.25) is 21.8 Å².